The predicted molar refractivity (Wildman–Crippen MR) is 69.6 cm³/mol. The molecule has 0 saturated heterocycles. The van der Waals surface area contributed by atoms with Crippen molar-refractivity contribution in [1.82, 2.24) is 0 Å². The van der Waals surface area contributed by atoms with Gasteiger partial charge in [0.2, 0.25) is 0 Å². The summed E-state index contributed by atoms with van der Waals surface area (Å²) in [5.41, 5.74) is 0.528. The van der Waals surface area contributed by atoms with Crippen LogP contribution in [0.15, 0.2) is 0 Å². The number of hydrogen-bond donors (Lipinski definition) is 0. The minimum absolute atomic E-state index is 0.264. The molecule has 0 atom stereocenters. The lowest BCUT2D eigenvalue weighted by Crippen LogP contribution is -2.42. The molecule has 0 bridgehead atoms. The third-order valence-corrected chi connectivity index (χ3v) is 3.10. The zero-order chi connectivity index (χ0) is 13.0. The van der Waals surface area contributed by atoms with Crippen molar-refractivity contribution in [2.45, 2.75) is 41.5 Å². The highest BCUT2D eigenvalue weighted by molar-refractivity contribution is 4.88. The van der Waals surface area contributed by atoms with E-state index in [1.165, 1.54) is 0 Å². The van der Waals surface area contributed by atoms with Gasteiger partial charge in [0.1, 0.15) is 0 Å². The number of hydrogen-bond acceptors (Lipinski definition) is 2. The topological polar surface area (TPSA) is 18.5 Å². The zero-order valence-electron chi connectivity index (χ0n) is 12.4. The number of ether oxygens (including phenoxy) is 2. The van der Waals surface area contributed by atoms with E-state index in [1.807, 2.05) is 0 Å². The van der Waals surface area contributed by atoms with Crippen molar-refractivity contribution >= 4 is 0 Å². The number of rotatable bonds is 5. The van der Waals surface area contributed by atoms with Gasteiger partial charge < -0.3 is 9.47 Å². The first-order chi connectivity index (χ1) is 7.14. The normalized spacial score (nSPS) is 13.9. The molecule has 0 aliphatic rings. The van der Waals surface area contributed by atoms with Crippen molar-refractivity contribution < 1.29 is 9.47 Å². The fourth-order valence-corrected chi connectivity index (χ4v) is 3.38. The first-order valence-corrected chi connectivity index (χ1v) is 6.12. The van der Waals surface area contributed by atoms with E-state index in [2.05, 4.69) is 41.5 Å². The molecule has 0 aromatic carbocycles. The summed E-state index contributed by atoms with van der Waals surface area (Å²) in [5.74, 6) is 1.02. The van der Waals surface area contributed by atoms with E-state index >= 15 is 0 Å². The van der Waals surface area contributed by atoms with Crippen molar-refractivity contribution in [3.05, 3.63) is 0 Å². The highest BCUT2D eigenvalue weighted by Gasteiger charge is 2.40. The fourth-order valence-electron chi connectivity index (χ4n) is 3.38. The average Bonchev–Trinajstić information content (AvgIpc) is 1.99. The molecule has 0 aliphatic heterocycles. The summed E-state index contributed by atoms with van der Waals surface area (Å²) in [4.78, 5) is 0. The summed E-state index contributed by atoms with van der Waals surface area (Å²) >= 11 is 0. The Morgan fingerprint density at radius 1 is 0.750 bits per heavy atom. The van der Waals surface area contributed by atoms with Crippen LogP contribution < -0.4 is 0 Å². The van der Waals surface area contributed by atoms with Gasteiger partial charge in [0.05, 0.1) is 13.2 Å². The molecule has 0 aliphatic carbocycles. The molecule has 0 amide bonds. The summed E-state index contributed by atoms with van der Waals surface area (Å²) in [6, 6.07) is 0. The van der Waals surface area contributed by atoms with E-state index in [0.29, 0.717) is 11.8 Å². The van der Waals surface area contributed by atoms with E-state index in [1.54, 1.807) is 14.2 Å². The van der Waals surface area contributed by atoms with Crippen molar-refractivity contribution in [2.75, 3.05) is 27.4 Å². The van der Waals surface area contributed by atoms with Gasteiger partial charge >= 0.3 is 0 Å². The number of methoxy groups -OCH3 is 2. The predicted octanol–water partition coefficient (Wildman–Crippen LogP) is 3.60. The summed E-state index contributed by atoms with van der Waals surface area (Å²) in [7, 11) is 3.54. The molecule has 0 spiro atoms. The monoisotopic (exact) mass is 230 g/mol. The molecule has 2 heteroatoms. The van der Waals surface area contributed by atoms with Crippen molar-refractivity contribution in [1.29, 1.82) is 0 Å². The Bertz CT molecular complexity index is 166. The SMILES string of the molecule is COCC(COC)C(C(C)(C)C)C(C)(C)C. The molecule has 0 unspecified atom stereocenters. The molecule has 0 saturated carbocycles. The minimum atomic E-state index is 0.264. The van der Waals surface area contributed by atoms with Crippen LogP contribution in [0.5, 0.6) is 0 Å². The van der Waals surface area contributed by atoms with Gasteiger partial charge in [-0.1, -0.05) is 41.5 Å². The molecule has 0 N–H and O–H groups in total. The lowest BCUT2D eigenvalue weighted by Gasteiger charge is -2.45. The van der Waals surface area contributed by atoms with Gasteiger partial charge in [-0.25, -0.2) is 0 Å². The molecular weight excluding hydrogens is 200 g/mol. The average molecular weight is 230 g/mol. The molecule has 98 valence electrons. The molecule has 0 fully saturated rings. The highest BCUT2D eigenvalue weighted by atomic mass is 16.5. The smallest absolute Gasteiger partial charge is 0.0515 e. The fraction of sp³-hybridized carbons (Fsp3) is 1.00. The molecule has 0 heterocycles. The Hall–Kier alpha value is -0.0800. The van der Waals surface area contributed by atoms with Crippen molar-refractivity contribution in [2.24, 2.45) is 22.7 Å². The maximum atomic E-state index is 5.35. The second-order valence-electron chi connectivity index (χ2n) is 6.88. The second kappa shape index (κ2) is 6.02. The summed E-state index contributed by atoms with van der Waals surface area (Å²) in [6.07, 6.45) is 0. The van der Waals surface area contributed by atoms with Gasteiger partial charge in [0, 0.05) is 20.1 Å². The Morgan fingerprint density at radius 3 is 1.25 bits per heavy atom. The van der Waals surface area contributed by atoms with Crippen LogP contribution in [0.2, 0.25) is 0 Å². The van der Waals surface area contributed by atoms with Crippen molar-refractivity contribution in [3.63, 3.8) is 0 Å². The molecular formula is C14H30O2. The summed E-state index contributed by atoms with van der Waals surface area (Å²) in [5, 5.41) is 0. The second-order valence-corrected chi connectivity index (χ2v) is 6.88. The van der Waals surface area contributed by atoms with Crippen LogP contribution in [0.3, 0.4) is 0 Å². The standard InChI is InChI=1S/C14H30O2/c1-13(2,3)12(14(4,5)6)11(9-15-7)10-16-8/h11-12H,9-10H2,1-8H3. The third-order valence-electron chi connectivity index (χ3n) is 3.10. The third kappa shape index (κ3) is 4.84. The van der Waals surface area contributed by atoms with E-state index in [9.17, 15) is 0 Å². The largest absolute Gasteiger partial charge is 0.384 e. The van der Waals surface area contributed by atoms with Gasteiger partial charge in [0.15, 0.2) is 0 Å². The van der Waals surface area contributed by atoms with E-state index in [0.717, 1.165) is 13.2 Å². The zero-order valence-corrected chi connectivity index (χ0v) is 12.4. The molecule has 16 heavy (non-hydrogen) atoms. The Labute approximate surface area is 102 Å². The molecule has 0 aromatic rings. The van der Waals surface area contributed by atoms with Crippen LogP contribution in [-0.4, -0.2) is 27.4 Å². The van der Waals surface area contributed by atoms with Crippen LogP contribution in [-0.2, 0) is 9.47 Å². The van der Waals surface area contributed by atoms with Gasteiger partial charge in [-0.3, -0.25) is 0 Å². The Balaban J connectivity index is 4.97. The van der Waals surface area contributed by atoms with Crippen LogP contribution in [0.4, 0.5) is 0 Å². The first-order valence-electron chi connectivity index (χ1n) is 6.12. The van der Waals surface area contributed by atoms with E-state index < -0.39 is 0 Å². The van der Waals surface area contributed by atoms with Crippen molar-refractivity contribution in [3.8, 4) is 0 Å². The minimum Gasteiger partial charge on any atom is -0.384 e. The quantitative estimate of drug-likeness (QED) is 0.718. The van der Waals surface area contributed by atoms with Crippen LogP contribution in [0.25, 0.3) is 0 Å². The Morgan fingerprint density at radius 2 is 1.06 bits per heavy atom. The van der Waals surface area contributed by atoms with E-state index in [4.69, 9.17) is 9.47 Å². The summed E-state index contributed by atoms with van der Waals surface area (Å²) < 4.78 is 10.7. The molecule has 0 rings (SSSR count). The molecule has 0 aromatic heterocycles. The van der Waals surface area contributed by atoms with E-state index in [-0.39, 0.29) is 10.8 Å². The van der Waals surface area contributed by atoms with Crippen LogP contribution >= 0.6 is 0 Å². The van der Waals surface area contributed by atoms with Gasteiger partial charge in [-0.2, -0.15) is 0 Å². The lowest BCUT2D eigenvalue weighted by molar-refractivity contribution is -0.0315. The highest BCUT2D eigenvalue weighted by Crippen LogP contribution is 2.44. The Kier molecular flexibility index (Phi) is 5.99. The maximum absolute atomic E-state index is 5.35. The van der Waals surface area contributed by atoms with Crippen LogP contribution in [0, 0.1) is 22.7 Å². The molecule has 2 nitrogen and oxygen atoms in total. The molecule has 0 radical (unpaired) electrons. The van der Waals surface area contributed by atoms with Gasteiger partial charge in [0.25, 0.3) is 0 Å². The lowest BCUT2D eigenvalue weighted by atomic mass is 9.61. The first kappa shape index (κ1) is 15.9. The summed E-state index contributed by atoms with van der Waals surface area (Å²) in [6.45, 7) is 15.4. The van der Waals surface area contributed by atoms with Gasteiger partial charge in [-0.15, -0.1) is 0 Å². The van der Waals surface area contributed by atoms with Gasteiger partial charge in [-0.05, 0) is 16.7 Å². The maximum Gasteiger partial charge on any atom is 0.0515 e. The van der Waals surface area contributed by atoms with Crippen LogP contribution in [0.1, 0.15) is 41.5 Å².